The monoisotopic (exact) mass is 673 g/mol. The molecule has 7 rings (SSSR count). The molecule has 0 aliphatic carbocycles. The second-order valence-electron chi connectivity index (χ2n) is 10.3. The molecule has 1 aromatic heterocycles. The van der Waals surface area contributed by atoms with Gasteiger partial charge in [0, 0.05) is 21.0 Å². The lowest BCUT2D eigenvalue weighted by molar-refractivity contribution is -0.122. The molecule has 1 saturated heterocycles. The van der Waals surface area contributed by atoms with Crippen molar-refractivity contribution >= 4 is 78.9 Å². The number of carbonyl (C=O) groups excluding carboxylic acids is 3. The third-order valence-corrected chi connectivity index (χ3v) is 10.8. The van der Waals surface area contributed by atoms with Crippen LogP contribution in [0.4, 0.5) is 15.8 Å². The van der Waals surface area contributed by atoms with Gasteiger partial charge in [0.1, 0.15) is 17.6 Å². The number of fused-ring (bicyclic) bond motifs is 3. The van der Waals surface area contributed by atoms with Crippen molar-refractivity contribution in [3.05, 3.63) is 121 Å². The Morgan fingerprint density at radius 1 is 0.884 bits per heavy atom. The van der Waals surface area contributed by atoms with Gasteiger partial charge < -0.3 is 5.32 Å². The van der Waals surface area contributed by atoms with Crippen molar-refractivity contribution in [2.45, 2.75) is 22.7 Å². The molecule has 1 fully saturated rings. The highest BCUT2D eigenvalue weighted by Gasteiger charge is 2.56. The number of carbonyl (C=O) groups is 3. The molecule has 214 valence electrons. The largest absolute Gasteiger partial charge is 0.325 e. The summed E-state index contributed by atoms with van der Waals surface area (Å²) in [7, 11) is 0. The number of rotatable bonds is 5. The van der Waals surface area contributed by atoms with Gasteiger partial charge in [-0.15, -0.1) is 0 Å². The average molecular weight is 675 g/mol. The first kappa shape index (κ1) is 27.8. The highest BCUT2D eigenvalue weighted by atomic mass is 79.9. The Balaban J connectivity index is 1.26. The Hall–Kier alpha value is -4.06. The average Bonchev–Trinajstić information content (AvgIpc) is 3.43. The minimum absolute atomic E-state index is 0.253. The third-order valence-electron chi connectivity index (χ3n) is 7.68. The Kier molecular flexibility index (Phi) is 7.03. The zero-order chi connectivity index (χ0) is 29.8. The van der Waals surface area contributed by atoms with Crippen LogP contribution in [0.3, 0.4) is 0 Å². The normalized spacial score (nSPS) is 19.4. The summed E-state index contributed by atoms with van der Waals surface area (Å²) in [6, 6.07) is 26.1. The van der Waals surface area contributed by atoms with Gasteiger partial charge in [0.25, 0.3) is 0 Å². The van der Waals surface area contributed by atoms with E-state index < -0.39 is 34.7 Å². The van der Waals surface area contributed by atoms with Crippen LogP contribution in [0.2, 0.25) is 0 Å². The Bertz CT molecular complexity index is 2010. The number of nitrogens with zero attached hydrogens (tertiary/aromatic N) is 2. The van der Waals surface area contributed by atoms with Gasteiger partial charge in [-0.3, -0.25) is 23.7 Å². The van der Waals surface area contributed by atoms with E-state index in [-0.39, 0.29) is 23.0 Å². The molecule has 3 amide bonds. The first-order valence-corrected chi connectivity index (χ1v) is 15.8. The van der Waals surface area contributed by atoms with Crippen molar-refractivity contribution in [2.24, 2.45) is 5.92 Å². The summed E-state index contributed by atoms with van der Waals surface area (Å²) in [5.74, 6) is -3.10. The van der Waals surface area contributed by atoms with E-state index in [0.29, 0.717) is 15.6 Å². The molecule has 0 saturated carbocycles. The lowest BCUT2D eigenvalue weighted by Crippen LogP contribution is -2.33. The number of imide groups is 1. The molecule has 1 N–H and O–H groups in total. The molecule has 5 aromatic rings. The predicted molar refractivity (Wildman–Crippen MR) is 169 cm³/mol. The fourth-order valence-corrected chi connectivity index (χ4v) is 8.96. The van der Waals surface area contributed by atoms with E-state index in [0.717, 1.165) is 48.8 Å². The van der Waals surface area contributed by atoms with Gasteiger partial charge in [-0.25, -0.2) is 9.29 Å². The molecule has 2 aliphatic heterocycles. The number of amides is 3. The number of hydrogen-bond acceptors (Lipinski definition) is 6. The van der Waals surface area contributed by atoms with Crippen LogP contribution in [-0.2, 0) is 20.9 Å². The van der Waals surface area contributed by atoms with E-state index in [1.165, 1.54) is 28.8 Å². The van der Waals surface area contributed by atoms with E-state index in [1.807, 2.05) is 66.7 Å². The zero-order valence-electron chi connectivity index (χ0n) is 22.2. The maximum absolute atomic E-state index is 13.9. The van der Waals surface area contributed by atoms with Crippen LogP contribution in [0.15, 0.2) is 105 Å². The van der Waals surface area contributed by atoms with Crippen LogP contribution in [-0.4, -0.2) is 27.5 Å². The van der Waals surface area contributed by atoms with Gasteiger partial charge >= 0.3 is 4.87 Å². The molecule has 4 aromatic carbocycles. The summed E-state index contributed by atoms with van der Waals surface area (Å²) in [4.78, 5) is 55.7. The second kappa shape index (κ2) is 10.9. The van der Waals surface area contributed by atoms with Crippen LogP contribution in [0.1, 0.15) is 16.4 Å². The van der Waals surface area contributed by atoms with Gasteiger partial charge in [-0.1, -0.05) is 81.5 Å². The first-order valence-electron chi connectivity index (χ1n) is 13.4. The number of hydrogen-bond donors (Lipinski definition) is 1. The second-order valence-corrected chi connectivity index (χ2v) is 13.4. The number of nitrogens with one attached hydrogen (secondary N) is 1. The number of anilines is 2. The lowest BCUT2D eigenvalue weighted by atomic mass is 9.83. The molecule has 0 unspecified atom stereocenters. The van der Waals surface area contributed by atoms with Crippen molar-refractivity contribution in [2.75, 3.05) is 10.2 Å². The number of thioether (sulfide) groups is 1. The highest BCUT2D eigenvalue weighted by Crippen LogP contribution is 2.54. The molecular weight excluding hydrogens is 653 g/mol. The summed E-state index contributed by atoms with van der Waals surface area (Å²) >= 11 is 5.63. The minimum atomic E-state index is -0.835. The molecule has 3 heterocycles. The molecular formula is C32H21BrFN3O4S2. The summed E-state index contributed by atoms with van der Waals surface area (Å²) in [6.07, 6.45) is 0. The van der Waals surface area contributed by atoms with E-state index in [9.17, 15) is 23.6 Å². The standard InChI is InChI=1S/C32H21BrFN3O4S2/c33-20-7-3-6-19(14-20)25-26-27(30(40)37(29(26)39)23-12-9-21(34)10-13-23)42-31-28(25)43-32(41)36(31)16-24(38)35-22-11-8-17-4-1-2-5-18(17)15-22/h1-15,25-27H,16H2,(H,35,38)/t25-,26-,27+/m0/s1. The van der Waals surface area contributed by atoms with Crippen LogP contribution in [0.5, 0.6) is 0 Å². The number of aromatic nitrogens is 1. The topological polar surface area (TPSA) is 88.5 Å². The quantitative estimate of drug-likeness (QED) is 0.218. The van der Waals surface area contributed by atoms with Crippen LogP contribution >= 0.6 is 39.0 Å². The Morgan fingerprint density at radius 3 is 2.42 bits per heavy atom. The van der Waals surface area contributed by atoms with Gasteiger partial charge in [-0.2, -0.15) is 0 Å². The van der Waals surface area contributed by atoms with Crippen molar-refractivity contribution in [1.82, 2.24) is 4.57 Å². The van der Waals surface area contributed by atoms with E-state index in [2.05, 4.69) is 21.2 Å². The van der Waals surface area contributed by atoms with Crippen LogP contribution in [0.25, 0.3) is 10.8 Å². The fourth-order valence-electron chi connectivity index (χ4n) is 5.77. The molecule has 0 radical (unpaired) electrons. The third kappa shape index (κ3) is 4.91. The fraction of sp³-hybridized carbons (Fsp3) is 0.125. The molecule has 43 heavy (non-hydrogen) atoms. The van der Waals surface area contributed by atoms with Gasteiger partial charge in [0.05, 0.1) is 16.6 Å². The Morgan fingerprint density at radius 2 is 1.65 bits per heavy atom. The summed E-state index contributed by atoms with van der Waals surface area (Å²) < 4.78 is 15.8. The smallest absolute Gasteiger partial charge is 0.308 e. The first-order chi connectivity index (χ1) is 20.8. The molecule has 11 heteroatoms. The minimum Gasteiger partial charge on any atom is -0.325 e. The van der Waals surface area contributed by atoms with Crippen LogP contribution in [0, 0.1) is 11.7 Å². The van der Waals surface area contributed by atoms with E-state index in [4.69, 9.17) is 0 Å². The van der Waals surface area contributed by atoms with E-state index >= 15 is 0 Å². The summed E-state index contributed by atoms with van der Waals surface area (Å²) in [5.41, 5.74) is 1.66. The zero-order valence-corrected chi connectivity index (χ0v) is 25.4. The summed E-state index contributed by atoms with van der Waals surface area (Å²) in [5, 5.41) is 4.56. The van der Waals surface area contributed by atoms with E-state index in [1.54, 1.807) is 0 Å². The predicted octanol–water partition coefficient (Wildman–Crippen LogP) is 6.40. The van der Waals surface area contributed by atoms with Crippen molar-refractivity contribution < 1.29 is 18.8 Å². The molecule has 7 nitrogen and oxygen atoms in total. The molecule has 2 aliphatic rings. The van der Waals surface area contributed by atoms with Crippen molar-refractivity contribution in [3.63, 3.8) is 0 Å². The SMILES string of the molecule is O=C(Cn1c2c(sc1=O)[C@@H](c1cccc(Br)c1)[C@@H]1C(=O)N(c3ccc(F)cc3)C(=O)[C@@H]1S2)Nc1ccc2ccccc2c1. The van der Waals surface area contributed by atoms with Gasteiger partial charge in [0.15, 0.2) is 0 Å². The summed E-state index contributed by atoms with van der Waals surface area (Å²) in [6.45, 7) is -0.253. The van der Waals surface area contributed by atoms with Crippen LogP contribution < -0.4 is 15.1 Å². The number of thiazole rings is 1. The van der Waals surface area contributed by atoms with Gasteiger partial charge in [-0.05, 0) is 64.9 Å². The van der Waals surface area contributed by atoms with Crippen molar-refractivity contribution in [3.8, 4) is 0 Å². The highest BCUT2D eigenvalue weighted by molar-refractivity contribution is 9.10. The maximum atomic E-state index is 13.9. The van der Waals surface area contributed by atoms with Crippen molar-refractivity contribution in [1.29, 1.82) is 0 Å². The molecule has 3 atom stereocenters. The molecule has 0 spiro atoms. The number of benzene rings is 4. The molecule has 0 bridgehead atoms. The Labute approximate surface area is 261 Å². The van der Waals surface area contributed by atoms with Gasteiger partial charge in [0.2, 0.25) is 17.7 Å². The lowest BCUT2D eigenvalue weighted by Gasteiger charge is -2.30. The maximum Gasteiger partial charge on any atom is 0.308 e. The number of halogens is 2.